The Morgan fingerprint density at radius 3 is 2.93 bits per heavy atom. The van der Waals surface area contributed by atoms with Crippen molar-refractivity contribution in [2.45, 2.75) is 23.8 Å². The Kier molecular flexibility index (Phi) is 3.67. The summed E-state index contributed by atoms with van der Waals surface area (Å²) in [5.74, 6) is 0. The van der Waals surface area contributed by atoms with Crippen LogP contribution < -0.4 is 0 Å². The number of fused-ring (bicyclic) bond motifs is 1. The maximum Gasteiger partial charge on any atom is 0.106 e. The molecular weight excluding hydrogens is 297 g/mol. The van der Waals surface area contributed by atoms with E-state index in [-0.39, 0.29) is 0 Å². The first-order valence-electron chi connectivity index (χ1n) is 5.50. The Hall–Kier alpha value is -0.510. The molecule has 0 bridgehead atoms. The number of hydrogen-bond acceptors (Lipinski definition) is 1. The zero-order valence-electron chi connectivity index (χ0n) is 8.99. The first-order valence-corrected chi connectivity index (χ1v) is 6.74. The third-order valence-electron chi connectivity index (χ3n) is 2.76. The summed E-state index contributed by atoms with van der Waals surface area (Å²) in [5, 5.41) is 0. The van der Waals surface area contributed by atoms with E-state index >= 15 is 0 Å². The smallest absolute Gasteiger partial charge is 0.106 e. The van der Waals surface area contributed by atoms with Crippen molar-refractivity contribution in [2.75, 3.05) is 6.54 Å². The first kappa shape index (κ1) is 11.0. The third-order valence-corrected chi connectivity index (χ3v) is 4.15. The average molecular weight is 313 g/mol. The topological polar surface area (TPSA) is 3.24 Å². The van der Waals surface area contributed by atoms with Gasteiger partial charge in [-0.15, -0.1) is 0 Å². The van der Waals surface area contributed by atoms with Crippen molar-refractivity contribution in [3.63, 3.8) is 0 Å². The minimum absolute atomic E-state index is 0.496. The molecule has 0 aliphatic carbocycles. The highest BCUT2D eigenvalue weighted by Crippen LogP contribution is 2.34. The van der Waals surface area contributed by atoms with E-state index in [0.29, 0.717) is 4.05 Å². The molecule has 1 aromatic carbocycles. The quantitative estimate of drug-likeness (QED) is 0.459. The monoisotopic (exact) mass is 313 g/mol. The van der Waals surface area contributed by atoms with Gasteiger partial charge in [-0.1, -0.05) is 60.2 Å². The van der Waals surface area contributed by atoms with Crippen LogP contribution in [0.1, 0.15) is 34.9 Å². The molecule has 15 heavy (non-hydrogen) atoms. The second kappa shape index (κ2) is 5.01. The van der Waals surface area contributed by atoms with Crippen LogP contribution >= 0.6 is 22.6 Å². The molecule has 2 rings (SSSR count). The van der Waals surface area contributed by atoms with Crippen LogP contribution in [0.4, 0.5) is 0 Å². The Labute approximate surface area is 105 Å². The van der Waals surface area contributed by atoms with Crippen LogP contribution in [0.3, 0.4) is 0 Å². The van der Waals surface area contributed by atoms with Crippen molar-refractivity contribution in [1.29, 1.82) is 0 Å². The van der Waals surface area contributed by atoms with Gasteiger partial charge in [0, 0.05) is 12.7 Å². The van der Waals surface area contributed by atoms with Crippen molar-refractivity contribution in [3.05, 3.63) is 41.6 Å². The molecule has 1 heterocycles. The molecule has 80 valence electrons. The summed E-state index contributed by atoms with van der Waals surface area (Å²) in [6, 6.07) is 8.65. The van der Waals surface area contributed by atoms with Crippen LogP contribution in [-0.2, 0) is 0 Å². The van der Waals surface area contributed by atoms with Crippen molar-refractivity contribution >= 4 is 28.7 Å². The Morgan fingerprint density at radius 1 is 1.33 bits per heavy atom. The number of nitrogens with zero attached hydrogens (tertiary/aromatic N) is 1. The maximum absolute atomic E-state index is 2.52. The van der Waals surface area contributed by atoms with E-state index in [1.54, 1.807) is 0 Å². The summed E-state index contributed by atoms with van der Waals surface area (Å²) in [4.78, 5) is 2.42. The van der Waals surface area contributed by atoms with Crippen molar-refractivity contribution in [1.82, 2.24) is 4.90 Å². The minimum atomic E-state index is 0.496. The predicted molar refractivity (Wildman–Crippen MR) is 73.9 cm³/mol. The Balaban J connectivity index is 2.18. The van der Waals surface area contributed by atoms with E-state index < -0.39 is 0 Å². The summed E-state index contributed by atoms with van der Waals surface area (Å²) < 4.78 is 0.496. The van der Waals surface area contributed by atoms with Crippen LogP contribution in [0.2, 0.25) is 0 Å². The highest BCUT2D eigenvalue weighted by molar-refractivity contribution is 14.1. The Morgan fingerprint density at radius 2 is 2.13 bits per heavy atom. The molecule has 0 spiro atoms. The van der Waals surface area contributed by atoms with Gasteiger partial charge in [-0.3, -0.25) is 0 Å². The van der Waals surface area contributed by atoms with Gasteiger partial charge in [-0.2, -0.15) is 0 Å². The lowest BCUT2D eigenvalue weighted by Crippen LogP contribution is -2.23. The molecule has 1 nitrogen and oxygen atoms in total. The van der Waals surface area contributed by atoms with Gasteiger partial charge in [0.05, 0.1) is 0 Å². The van der Waals surface area contributed by atoms with E-state index in [1.807, 2.05) is 0 Å². The van der Waals surface area contributed by atoms with Gasteiger partial charge in [0.2, 0.25) is 0 Å². The molecule has 0 fully saturated rings. The summed E-state index contributed by atoms with van der Waals surface area (Å²) >= 11 is 2.52. The van der Waals surface area contributed by atoms with Gasteiger partial charge in [-0.25, -0.2) is 0 Å². The fraction of sp³-hybridized carbons (Fsp3) is 0.385. The summed E-state index contributed by atoms with van der Waals surface area (Å²) in [7, 11) is 0. The largest absolute Gasteiger partial charge is 0.362 e. The zero-order chi connectivity index (χ0) is 10.7. The van der Waals surface area contributed by atoms with Gasteiger partial charge in [0.1, 0.15) is 4.05 Å². The van der Waals surface area contributed by atoms with Crippen molar-refractivity contribution in [3.8, 4) is 0 Å². The first-order chi connectivity index (χ1) is 7.33. The molecule has 0 radical (unpaired) electrons. The lowest BCUT2D eigenvalue weighted by molar-refractivity contribution is 0.362. The Bertz CT molecular complexity index is 359. The molecule has 0 saturated carbocycles. The second-order valence-electron chi connectivity index (χ2n) is 3.87. The highest BCUT2D eigenvalue weighted by atomic mass is 127. The molecule has 0 aromatic heterocycles. The standard InChI is InChI=1S/C13H16IN/c1-2-3-9-15-10-8-11-6-4-5-7-12(11)13(15)14/h4-8,10,13H,2-3,9H2,1H3. The summed E-state index contributed by atoms with van der Waals surface area (Å²) in [6.45, 7) is 3.40. The molecule has 2 heteroatoms. The molecule has 0 amide bonds. The number of alkyl halides is 1. The van der Waals surface area contributed by atoms with Crippen LogP contribution in [-0.4, -0.2) is 11.4 Å². The van der Waals surface area contributed by atoms with Gasteiger partial charge < -0.3 is 4.90 Å². The van der Waals surface area contributed by atoms with E-state index in [4.69, 9.17) is 0 Å². The normalized spacial score (nSPS) is 19.1. The molecular formula is C13H16IN. The van der Waals surface area contributed by atoms with Crippen LogP contribution in [0.25, 0.3) is 6.08 Å². The van der Waals surface area contributed by atoms with Gasteiger partial charge in [0.25, 0.3) is 0 Å². The predicted octanol–water partition coefficient (Wildman–Crippen LogP) is 4.21. The number of hydrogen-bond donors (Lipinski definition) is 0. The van der Waals surface area contributed by atoms with E-state index in [1.165, 1.54) is 24.0 Å². The van der Waals surface area contributed by atoms with Gasteiger partial charge >= 0.3 is 0 Å². The SMILES string of the molecule is CCCCN1C=Cc2ccccc2C1I. The van der Waals surface area contributed by atoms with Crippen LogP contribution in [0.5, 0.6) is 0 Å². The number of rotatable bonds is 3. The van der Waals surface area contributed by atoms with Crippen LogP contribution in [0, 0.1) is 0 Å². The van der Waals surface area contributed by atoms with E-state index in [0.717, 1.165) is 6.54 Å². The molecule has 1 aliphatic heterocycles. The lowest BCUT2D eigenvalue weighted by Gasteiger charge is -2.31. The van der Waals surface area contributed by atoms with E-state index in [2.05, 4.69) is 71.0 Å². The molecule has 1 aliphatic rings. The number of unbranched alkanes of at least 4 members (excludes halogenated alkanes) is 1. The third kappa shape index (κ3) is 2.36. The fourth-order valence-electron chi connectivity index (χ4n) is 1.84. The molecule has 0 saturated heterocycles. The minimum Gasteiger partial charge on any atom is -0.362 e. The maximum atomic E-state index is 2.52. The fourth-order valence-corrected chi connectivity index (χ4v) is 2.87. The molecule has 1 unspecified atom stereocenters. The highest BCUT2D eigenvalue weighted by Gasteiger charge is 2.19. The molecule has 0 N–H and O–H groups in total. The van der Waals surface area contributed by atoms with E-state index in [9.17, 15) is 0 Å². The molecule has 1 atom stereocenters. The number of halogens is 1. The average Bonchev–Trinajstić information content (AvgIpc) is 2.29. The van der Waals surface area contributed by atoms with Gasteiger partial charge in [0.15, 0.2) is 0 Å². The molecule has 1 aromatic rings. The lowest BCUT2D eigenvalue weighted by atomic mass is 10.0. The summed E-state index contributed by atoms with van der Waals surface area (Å²) in [5.41, 5.74) is 2.81. The van der Waals surface area contributed by atoms with Gasteiger partial charge in [-0.05, 0) is 23.6 Å². The number of benzene rings is 1. The van der Waals surface area contributed by atoms with Crippen molar-refractivity contribution in [2.24, 2.45) is 0 Å². The summed E-state index contributed by atoms with van der Waals surface area (Å²) in [6.07, 6.45) is 6.98. The zero-order valence-corrected chi connectivity index (χ0v) is 11.1. The second-order valence-corrected chi connectivity index (χ2v) is 5.05. The van der Waals surface area contributed by atoms with Crippen LogP contribution in [0.15, 0.2) is 30.5 Å². The van der Waals surface area contributed by atoms with Crippen molar-refractivity contribution < 1.29 is 0 Å².